The minimum Gasteiger partial charge on any atom is -0.496 e. The molecule has 2 aromatic carbocycles. The van der Waals surface area contributed by atoms with Crippen molar-refractivity contribution in [1.82, 2.24) is 0 Å². The van der Waals surface area contributed by atoms with Crippen molar-refractivity contribution in [3.05, 3.63) is 64.7 Å². The first kappa shape index (κ1) is 20.7. The Kier molecular flexibility index (Phi) is 6.94. The molecule has 2 aromatic rings. The average molecular weight is 378 g/mol. The van der Waals surface area contributed by atoms with Crippen LogP contribution in [0.2, 0.25) is 0 Å². The highest BCUT2D eigenvalue weighted by atomic mass is 16.5. The van der Waals surface area contributed by atoms with E-state index >= 15 is 0 Å². The minimum atomic E-state index is -0.741. The van der Waals surface area contributed by atoms with Gasteiger partial charge in [-0.1, -0.05) is 12.1 Å². The molecule has 0 aromatic heterocycles. The molecule has 6 nitrogen and oxygen atoms in total. The summed E-state index contributed by atoms with van der Waals surface area (Å²) in [6.45, 7) is 1.34. The summed E-state index contributed by atoms with van der Waals surface area (Å²) < 4.78 is 10.5. The third-order valence-electron chi connectivity index (χ3n) is 4.11. The quantitative estimate of drug-likeness (QED) is 0.317. The highest BCUT2D eigenvalue weighted by molar-refractivity contribution is 5.98. The number of rotatable bonds is 7. The Morgan fingerprint density at radius 3 is 2.36 bits per heavy atom. The number of methoxy groups -OCH3 is 1. The molecule has 0 unspecified atom stereocenters. The van der Waals surface area contributed by atoms with E-state index in [-0.39, 0.29) is 18.0 Å². The second kappa shape index (κ2) is 9.38. The van der Waals surface area contributed by atoms with Gasteiger partial charge in [0.15, 0.2) is 5.78 Å². The van der Waals surface area contributed by atoms with Crippen LogP contribution >= 0.6 is 0 Å². The molecule has 144 valence electrons. The van der Waals surface area contributed by atoms with Gasteiger partial charge in [0, 0.05) is 30.9 Å². The van der Waals surface area contributed by atoms with Crippen LogP contribution in [0, 0.1) is 11.3 Å². The monoisotopic (exact) mass is 378 g/mol. The Morgan fingerprint density at radius 2 is 1.82 bits per heavy atom. The van der Waals surface area contributed by atoms with E-state index in [1.807, 2.05) is 49.3 Å². The molecular weight excluding hydrogens is 356 g/mol. The fourth-order valence-corrected chi connectivity index (χ4v) is 2.50. The molecule has 6 heteroatoms. The van der Waals surface area contributed by atoms with Crippen LogP contribution in [-0.4, -0.2) is 33.0 Å². The molecule has 28 heavy (non-hydrogen) atoms. The van der Waals surface area contributed by atoms with E-state index < -0.39 is 5.97 Å². The molecule has 0 aliphatic rings. The van der Waals surface area contributed by atoms with Gasteiger partial charge in [0.1, 0.15) is 24.0 Å². The Hall–Kier alpha value is -3.59. The lowest BCUT2D eigenvalue weighted by Gasteiger charge is -2.12. The smallest absolute Gasteiger partial charge is 0.349 e. The number of hydrogen-bond acceptors (Lipinski definition) is 6. The molecule has 0 aliphatic heterocycles. The number of carbonyl (C=O) groups is 2. The first-order valence-electron chi connectivity index (χ1n) is 8.60. The number of esters is 1. The summed E-state index contributed by atoms with van der Waals surface area (Å²) in [5, 5.41) is 9.32. The SMILES string of the molecule is COc1ccc(C(C)=O)cc1COC(=O)/C(C#N)=C/c1ccc(N(C)C)cc1. The largest absolute Gasteiger partial charge is 0.496 e. The highest BCUT2D eigenvalue weighted by Gasteiger charge is 2.14. The van der Waals surface area contributed by atoms with Gasteiger partial charge in [-0.15, -0.1) is 0 Å². The fourth-order valence-electron chi connectivity index (χ4n) is 2.50. The van der Waals surface area contributed by atoms with Crippen LogP contribution in [0.3, 0.4) is 0 Å². The number of nitriles is 1. The summed E-state index contributed by atoms with van der Waals surface area (Å²) in [5.74, 6) is -0.344. The van der Waals surface area contributed by atoms with E-state index in [0.717, 1.165) is 11.3 Å². The minimum absolute atomic E-state index is 0.103. The normalized spacial score (nSPS) is 10.8. The van der Waals surface area contributed by atoms with E-state index in [4.69, 9.17) is 9.47 Å². The second-order valence-electron chi connectivity index (χ2n) is 6.31. The molecular formula is C22H22N2O4. The standard InChI is InChI=1S/C22H22N2O4/c1-15(25)17-7-10-21(27-4)19(12-17)14-28-22(26)18(13-23)11-16-5-8-20(9-6-16)24(2)3/h5-12H,14H2,1-4H3/b18-11+. The van der Waals surface area contributed by atoms with E-state index in [1.54, 1.807) is 18.2 Å². The second-order valence-corrected chi connectivity index (χ2v) is 6.31. The Bertz CT molecular complexity index is 938. The molecule has 0 amide bonds. The highest BCUT2D eigenvalue weighted by Crippen LogP contribution is 2.22. The van der Waals surface area contributed by atoms with Crippen molar-refractivity contribution in [3.8, 4) is 11.8 Å². The van der Waals surface area contributed by atoms with Crippen molar-refractivity contribution in [1.29, 1.82) is 5.26 Å². The number of ketones is 1. The number of Topliss-reactive ketones (excluding diaryl/α,β-unsaturated/α-hetero) is 1. The molecule has 0 saturated heterocycles. The molecule has 0 saturated carbocycles. The number of carbonyl (C=O) groups excluding carboxylic acids is 2. The third-order valence-corrected chi connectivity index (χ3v) is 4.11. The number of hydrogen-bond donors (Lipinski definition) is 0. The van der Waals surface area contributed by atoms with Crippen LogP contribution in [0.1, 0.15) is 28.4 Å². The zero-order chi connectivity index (χ0) is 20.7. The maximum Gasteiger partial charge on any atom is 0.349 e. The van der Waals surface area contributed by atoms with Crippen molar-refractivity contribution < 1.29 is 19.1 Å². The predicted molar refractivity (Wildman–Crippen MR) is 107 cm³/mol. The van der Waals surface area contributed by atoms with Gasteiger partial charge in [0.25, 0.3) is 0 Å². The van der Waals surface area contributed by atoms with E-state index in [0.29, 0.717) is 16.9 Å². The van der Waals surface area contributed by atoms with Crippen molar-refractivity contribution in [3.63, 3.8) is 0 Å². The number of ether oxygens (including phenoxy) is 2. The molecule has 0 heterocycles. The van der Waals surface area contributed by atoms with Gasteiger partial charge >= 0.3 is 5.97 Å². The first-order chi connectivity index (χ1) is 13.3. The summed E-state index contributed by atoms with van der Waals surface area (Å²) in [7, 11) is 5.35. The molecule has 0 fully saturated rings. The lowest BCUT2D eigenvalue weighted by atomic mass is 10.1. The Balaban J connectivity index is 2.15. The number of anilines is 1. The van der Waals surface area contributed by atoms with Crippen molar-refractivity contribution in [2.45, 2.75) is 13.5 Å². The molecule has 0 atom stereocenters. The topological polar surface area (TPSA) is 79.6 Å². The van der Waals surface area contributed by atoms with E-state index in [2.05, 4.69) is 0 Å². The third kappa shape index (κ3) is 5.21. The van der Waals surface area contributed by atoms with E-state index in [9.17, 15) is 14.9 Å². The van der Waals surface area contributed by atoms with Gasteiger partial charge < -0.3 is 14.4 Å². The molecule has 0 radical (unpaired) electrons. The van der Waals surface area contributed by atoms with Crippen molar-refractivity contribution >= 4 is 23.5 Å². The van der Waals surface area contributed by atoms with Crippen molar-refractivity contribution in [2.24, 2.45) is 0 Å². The number of nitrogens with zero attached hydrogens (tertiary/aromatic N) is 2. The average Bonchev–Trinajstić information content (AvgIpc) is 2.70. The van der Waals surface area contributed by atoms with Gasteiger partial charge in [0.2, 0.25) is 0 Å². The summed E-state index contributed by atoms with van der Waals surface area (Å²) >= 11 is 0. The zero-order valence-corrected chi connectivity index (χ0v) is 16.4. The maximum absolute atomic E-state index is 12.3. The molecule has 0 aliphatic carbocycles. The molecule has 2 rings (SSSR count). The van der Waals surface area contributed by atoms with Gasteiger partial charge in [0.05, 0.1) is 7.11 Å². The van der Waals surface area contributed by atoms with Crippen LogP contribution < -0.4 is 9.64 Å². The molecule has 0 N–H and O–H groups in total. The Morgan fingerprint density at radius 1 is 1.14 bits per heavy atom. The van der Waals surface area contributed by atoms with Gasteiger partial charge in [-0.2, -0.15) is 5.26 Å². The summed E-state index contributed by atoms with van der Waals surface area (Å²) in [4.78, 5) is 25.8. The maximum atomic E-state index is 12.3. The van der Waals surface area contributed by atoms with Crippen molar-refractivity contribution in [2.75, 3.05) is 26.1 Å². The van der Waals surface area contributed by atoms with Crippen LogP contribution in [0.5, 0.6) is 5.75 Å². The van der Waals surface area contributed by atoms with Crippen LogP contribution in [-0.2, 0) is 16.1 Å². The fraction of sp³-hybridized carbons (Fsp3) is 0.227. The van der Waals surface area contributed by atoms with Crippen LogP contribution in [0.4, 0.5) is 5.69 Å². The first-order valence-corrected chi connectivity index (χ1v) is 8.60. The lowest BCUT2D eigenvalue weighted by Crippen LogP contribution is -2.09. The van der Waals surface area contributed by atoms with Crippen LogP contribution in [0.25, 0.3) is 6.08 Å². The summed E-state index contributed by atoms with van der Waals surface area (Å²) in [6, 6.07) is 14.2. The lowest BCUT2D eigenvalue weighted by molar-refractivity contribution is -0.139. The molecule has 0 spiro atoms. The van der Waals surface area contributed by atoms with Gasteiger partial charge in [-0.05, 0) is 48.9 Å². The zero-order valence-electron chi connectivity index (χ0n) is 16.4. The van der Waals surface area contributed by atoms with Gasteiger partial charge in [-0.3, -0.25) is 4.79 Å². The predicted octanol–water partition coefficient (Wildman–Crippen LogP) is 3.61. The van der Waals surface area contributed by atoms with Crippen LogP contribution in [0.15, 0.2) is 48.0 Å². The number of benzene rings is 2. The summed E-state index contributed by atoms with van der Waals surface area (Å²) in [5.41, 5.74) is 2.66. The summed E-state index contributed by atoms with van der Waals surface area (Å²) in [6.07, 6.45) is 1.48. The van der Waals surface area contributed by atoms with Gasteiger partial charge in [-0.25, -0.2) is 4.79 Å². The van der Waals surface area contributed by atoms with E-state index in [1.165, 1.54) is 20.1 Å². The Labute approximate surface area is 164 Å². The molecule has 0 bridgehead atoms.